The minimum atomic E-state index is -0.0574. The molecule has 0 unspecified atom stereocenters. The SMILES string of the molecule is CCn1c(Cc2ccc(OC)cc2)nnc1SCC(=O)Nc1cccc(C)c1. The summed E-state index contributed by atoms with van der Waals surface area (Å²) in [5, 5.41) is 12.3. The van der Waals surface area contributed by atoms with Gasteiger partial charge >= 0.3 is 0 Å². The fourth-order valence-corrected chi connectivity index (χ4v) is 3.67. The second-order valence-corrected chi connectivity index (χ2v) is 7.32. The highest BCUT2D eigenvalue weighted by atomic mass is 32.2. The van der Waals surface area contributed by atoms with Crippen LogP contribution in [0.5, 0.6) is 5.75 Å². The highest BCUT2D eigenvalue weighted by molar-refractivity contribution is 7.99. The maximum atomic E-state index is 12.3. The third kappa shape index (κ3) is 5.13. The van der Waals surface area contributed by atoms with E-state index in [9.17, 15) is 4.79 Å². The van der Waals surface area contributed by atoms with Crippen LogP contribution in [0.2, 0.25) is 0 Å². The lowest BCUT2D eigenvalue weighted by Crippen LogP contribution is -2.14. The second kappa shape index (κ2) is 9.41. The first kappa shape index (κ1) is 19.9. The summed E-state index contributed by atoms with van der Waals surface area (Å²) in [6.45, 7) is 4.80. The van der Waals surface area contributed by atoms with Crippen molar-refractivity contribution in [2.24, 2.45) is 0 Å². The van der Waals surface area contributed by atoms with Crippen LogP contribution < -0.4 is 10.1 Å². The number of carbonyl (C=O) groups excluding carboxylic acids is 1. The van der Waals surface area contributed by atoms with Gasteiger partial charge in [0.1, 0.15) is 11.6 Å². The third-order valence-electron chi connectivity index (χ3n) is 4.27. The van der Waals surface area contributed by atoms with Gasteiger partial charge in [0.15, 0.2) is 5.16 Å². The van der Waals surface area contributed by atoms with E-state index in [4.69, 9.17) is 4.74 Å². The zero-order valence-electron chi connectivity index (χ0n) is 16.3. The van der Waals surface area contributed by atoms with E-state index in [0.717, 1.165) is 40.1 Å². The number of hydrogen-bond donors (Lipinski definition) is 1. The van der Waals surface area contributed by atoms with Gasteiger partial charge in [0.2, 0.25) is 5.91 Å². The predicted octanol–water partition coefficient (Wildman–Crippen LogP) is 3.94. The first-order chi connectivity index (χ1) is 13.6. The number of ether oxygens (including phenoxy) is 1. The van der Waals surface area contributed by atoms with Crippen LogP contribution in [0.1, 0.15) is 23.9 Å². The highest BCUT2D eigenvalue weighted by Gasteiger charge is 2.14. The maximum absolute atomic E-state index is 12.3. The van der Waals surface area contributed by atoms with E-state index in [1.807, 2.05) is 55.5 Å². The maximum Gasteiger partial charge on any atom is 0.234 e. The molecule has 1 N–H and O–H groups in total. The molecule has 0 saturated carbocycles. The van der Waals surface area contributed by atoms with Crippen molar-refractivity contribution < 1.29 is 9.53 Å². The number of aromatic nitrogens is 3. The quantitative estimate of drug-likeness (QED) is 0.584. The van der Waals surface area contributed by atoms with Gasteiger partial charge < -0.3 is 14.6 Å². The number of amides is 1. The average Bonchev–Trinajstić information content (AvgIpc) is 3.08. The molecule has 7 heteroatoms. The molecule has 6 nitrogen and oxygen atoms in total. The Hall–Kier alpha value is -2.80. The lowest BCUT2D eigenvalue weighted by Gasteiger charge is -2.08. The Bertz CT molecular complexity index is 938. The molecule has 0 fully saturated rings. The Kier molecular flexibility index (Phi) is 6.71. The van der Waals surface area contributed by atoms with E-state index < -0.39 is 0 Å². The van der Waals surface area contributed by atoms with E-state index in [-0.39, 0.29) is 11.7 Å². The number of methoxy groups -OCH3 is 1. The smallest absolute Gasteiger partial charge is 0.234 e. The van der Waals surface area contributed by atoms with Crippen molar-refractivity contribution in [2.75, 3.05) is 18.2 Å². The molecule has 0 spiro atoms. The molecule has 0 saturated heterocycles. The Morgan fingerprint density at radius 3 is 2.64 bits per heavy atom. The van der Waals surface area contributed by atoms with Crippen LogP contribution in [0.3, 0.4) is 0 Å². The third-order valence-corrected chi connectivity index (χ3v) is 5.23. The number of hydrogen-bond acceptors (Lipinski definition) is 5. The summed E-state index contributed by atoms with van der Waals surface area (Å²) in [4.78, 5) is 12.3. The molecule has 3 aromatic rings. The number of thioether (sulfide) groups is 1. The van der Waals surface area contributed by atoms with Crippen LogP contribution in [-0.2, 0) is 17.8 Å². The fraction of sp³-hybridized carbons (Fsp3) is 0.286. The summed E-state index contributed by atoms with van der Waals surface area (Å²) in [5.74, 6) is 1.94. The lowest BCUT2D eigenvalue weighted by molar-refractivity contribution is -0.113. The van der Waals surface area contributed by atoms with E-state index in [2.05, 4.69) is 27.0 Å². The van der Waals surface area contributed by atoms with Gasteiger partial charge in [0.25, 0.3) is 0 Å². The second-order valence-electron chi connectivity index (χ2n) is 6.37. The topological polar surface area (TPSA) is 69.0 Å². The normalized spacial score (nSPS) is 10.7. The number of nitrogens with zero attached hydrogens (tertiary/aromatic N) is 3. The van der Waals surface area contributed by atoms with Crippen molar-refractivity contribution in [1.29, 1.82) is 0 Å². The van der Waals surface area contributed by atoms with Crippen LogP contribution in [0, 0.1) is 6.92 Å². The van der Waals surface area contributed by atoms with Gasteiger partial charge in [-0.2, -0.15) is 0 Å². The van der Waals surface area contributed by atoms with E-state index in [1.165, 1.54) is 11.8 Å². The number of benzene rings is 2. The molecule has 0 bridgehead atoms. The molecule has 1 amide bonds. The molecular weight excluding hydrogens is 372 g/mol. The first-order valence-corrected chi connectivity index (χ1v) is 10.1. The number of nitrogens with one attached hydrogen (secondary N) is 1. The van der Waals surface area contributed by atoms with Gasteiger partial charge in [-0.15, -0.1) is 10.2 Å². The van der Waals surface area contributed by atoms with Gasteiger partial charge in [0, 0.05) is 18.7 Å². The Labute approximate surface area is 169 Å². The monoisotopic (exact) mass is 396 g/mol. The number of aryl methyl sites for hydroxylation is 1. The van der Waals surface area contributed by atoms with E-state index in [0.29, 0.717) is 6.42 Å². The zero-order valence-corrected chi connectivity index (χ0v) is 17.1. The molecule has 1 aromatic heterocycles. The van der Waals surface area contributed by atoms with E-state index >= 15 is 0 Å². The molecule has 0 radical (unpaired) electrons. The molecule has 0 aliphatic carbocycles. The predicted molar refractivity (Wildman–Crippen MR) is 112 cm³/mol. The van der Waals surface area contributed by atoms with Crippen LogP contribution in [-0.4, -0.2) is 33.5 Å². The standard InChI is InChI=1S/C21H24N4O2S/c1-4-25-19(13-16-8-10-18(27-3)11-9-16)23-24-21(25)28-14-20(26)22-17-7-5-6-15(2)12-17/h5-12H,4,13-14H2,1-3H3,(H,22,26). The van der Waals surface area contributed by atoms with Gasteiger partial charge in [-0.05, 0) is 49.2 Å². The van der Waals surface area contributed by atoms with Crippen LogP contribution in [0.15, 0.2) is 53.7 Å². The summed E-state index contributed by atoms with van der Waals surface area (Å²) in [5.41, 5.74) is 3.05. The Balaban J connectivity index is 1.62. The minimum Gasteiger partial charge on any atom is -0.497 e. The van der Waals surface area contributed by atoms with Crippen molar-refractivity contribution in [1.82, 2.24) is 14.8 Å². The molecule has 0 aliphatic heterocycles. The lowest BCUT2D eigenvalue weighted by atomic mass is 10.1. The van der Waals surface area contributed by atoms with Crippen LogP contribution >= 0.6 is 11.8 Å². The van der Waals surface area contributed by atoms with Gasteiger partial charge in [-0.1, -0.05) is 36.0 Å². The molecule has 1 heterocycles. The number of rotatable bonds is 8. The molecule has 2 aromatic carbocycles. The Morgan fingerprint density at radius 2 is 1.96 bits per heavy atom. The van der Waals surface area contributed by atoms with Crippen LogP contribution in [0.25, 0.3) is 0 Å². The van der Waals surface area contributed by atoms with Gasteiger partial charge in [-0.3, -0.25) is 4.79 Å². The van der Waals surface area contributed by atoms with Crippen molar-refractivity contribution in [3.05, 3.63) is 65.5 Å². The fourth-order valence-electron chi connectivity index (χ4n) is 2.85. The summed E-state index contributed by atoms with van der Waals surface area (Å²) < 4.78 is 7.25. The molecular formula is C21H24N4O2S. The Morgan fingerprint density at radius 1 is 1.18 bits per heavy atom. The summed E-state index contributed by atoms with van der Waals surface area (Å²) in [7, 11) is 1.65. The summed E-state index contributed by atoms with van der Waals surface area (Å²) in [6.07, 6.45) is 0.681. The van der Waals surface area contributed by atoms with Crippen molar-refractivity contribution in [2.45, 2.75) is 32.0 Å². The molecule has 28 heavy (non-hydrogen) atoms. The van der Waals surface area contributed by atoms with Crippen LogP contribution in [0.4, 0.5) is 5.69 Å². The summed E-state index contributed by atoms with van der Waals surface area (Å²) in [6, 6.07) is 15.7. The molecule has 0 atom stereocenters. The molecule has 3 rings (SSSR count). The molecule has 0 aliphatic rings. The van der Waals surface area contributed by atoms with Gasteiger partial charge in [-0.25, -0.2) is 0 Å². The molecule has 146 valence electrons. The first-order valence-electron chi connectivity index (χ1n) is 9.13. The largest absolute Gasteiger partial charge is 0.497 e. The van der Waals surface area contributed by atoms with Crippen molar-refractivity contribution in [3.63, 3.8) is 0 Å². The zero-order chi connectivity index (χ0) is 19.9. The van der Waals surface area contributed by atoms with E-state index in [1.54, 1.807) is 7.11 Å². The van der Waals surface area contributed by atoms with Crippen molar-refractivity contribution >= 4 is 23.4 Å². The minimum absolute atomic E-state index is 0.0574. The average molecular weight is 397 g/mol. The summed E-state index contributed by atoms with van der Waals surface area (Å²) >= 11 is 1.40. The van der Waals surface area contributed by atoms with Crippen molar-refractivity contribution in [3.8, 4) is 5.75 Å². The van der Waals surface area contributed by atoms with Gasteiger partial charge in [0.05, 0.1) is 12.9 Å². The number of anilines is 1. The number of carbonyl (C=O) groups is 1. The highest BCUT2D eigenvalue weighted by Crippen LogP contribution is 2.20.